The van der Waals surface area contributed by atoms with E-state index in [1.165, 1.54) is 0 Å². The zero-order valence-electron chi connectivity index (χ0n) is 17.4. The number of pyridine rings is 1. The van der Waals surface area contributed by atoms with E-state index in [-0.39, 0.29) is 18.0 Å². The SMILES string of the molecule is CC1CCN(C(=O)c2cc(-c3ccccc3)nc3c2cnn3C(C)C)C(CN)C1. The summed E-state index contributed by atoms with van der Waals surface area (Å²) in [6.07, 6.45) is 3.73. The van der Waals surface area contributed by atoms with Crippen molar-refractivity contribution in [3.05, 3.63) is 48.2 Å². The number of fused-ring (bicyclic) bond motifs is 1. The molecule has 0 aliphatic carbocycles. The monoisotopic (exact) mass is 391 g/mol. The lowest BCUT2D eigenvalue weighted by Gasteiger charge is -2.38. The predicted octanol–water partition coefficient (Wildman–Crippen LogP) is 3.88. The van der Waals surface area contributed by atoms with Crippen molar-refractivity contribution in [2.75, 3.05) is 13.1 Å². The normalized spacial score (nSPS) is 19.8. The number of piperidine rings is 1. The second-order valence-corrected chi connectivity index (χ2v) is 8.36. The minimum Gasteiger partial charge on any atom is -0.334 e. The Balaban J connectivity index is 1.85. The van der Waals surface area contributed by atoms with Crippen LogP contribution in [-0.2, 0) is 0 Å². The molecule has 6 nitrogen and oxygen atoms in total. The van der Waals surface area contributed by atoms with Gasteiger partial charge in [-0.2, -0.15) is 5.10 Å². The van der Waals surface area contributed by atoms with Gasteiger partial charge in [-0.1, -0.05) is 37.3 Å². The number of carbonyl (C=O) groups is 1. The molecule has 1 aliphatic heterocycles. The average Bonchev–Trinajstić information content (AvgIpc) is 3.17. The van der Waals surface area contributed by atoms with Gasteiger partial charge in [0.25, 0.3) is 5.91 Å². The molecule has 0 spiro atoms. The van der Waals surface area contributed by atoms with E-state index < -0.39 is 0 Å². The summed E-state index contributed by atoms with van der Waals surface area (Å²) in [7, 11) is 0. The molecule has 1 aliphatic rings. The first-order chi connectivity index (χ1) is 14.0. The van der Waals surface area contributed by atoms with E-state index >= 15 is 0 Å². The lowest BCUT2D eigenvalue weighted by atomic mass is 9.91. The summed E-state index contributed by atoms with van der Waals surface area (Å²) in [5, 5.41) is 5.33. The molecule has 29 heavy (non-hydrogen) atoms. The first-order valence-corrected chi connectivity index (χ1v) is 10.4. The summed E-state index contributed by atoms with van der Waals surface area (Å²) in [6.45, 7) is 7.60. The van der Waals surface area contributed by atoms with E-state index in [0.717, 1.165) is 41.7 Å². The number of carbonyl (C=O) groups excluding carboxylic acids is 1. The molecule has 6 heteroatoms. The van der Waals surface area contributed by atoms with Crippen LogP contribution in [0.5, 0.6) is 0 Å². The fourth-order valence-electron chi connectivity index (χ4n) is 4.23. The van der Waals surface area contributed by atoms with Crippen LogP contribution < -0.4 is 5.73 Å². The number of nitrogens with two attached hydrogens (primary N) is 1. The summed E-state index contributed by atoms with van der Waals surface area (Å²) < 4.78 is 1.89. The molecule has 1 aromatic carbocycles. The highest BCUT2D eigenvalue weighted by molar-refractivity contribution is 6.06. The lowest BCUT2D eigenvalue weighted by Crippen LogP contribution is -2.49. The molecule has 0 bridgehead atoms. The van der Waals surface area contributed by atoms with Crippen LogP contribution in [0.1, 0.15) is 50.0 Å². The standard InChI is InChI=1S/C23H29N5O/c1-15(2)28-22-20(14-25-28)19(12-21(26-22)17-7-5-4-6-8-17)23(29)27-10-9-16(3)11-18(27)13-24/h4-8,12,14-16,18H,9-11,13,24H2,1-3H3. The molecule has 3 heterocycles. The molecular formula is C23H29N5O. The fourth-order valence-corrected chi connectivity index (χ4v) is 4.23. The zero-order valence-corrected chi connectivity index (χ0v) is 17.4. The highest BCUT2D eigenvalue weighted by Gasteiger charge is 2.31. The molecule has 1 saturated heterocycles. The molecule has 1 fully saturated rings. The van der Waals surface area contributed by atoms with Crippen molar-refractivity contribution in [1.82, 2.24) is 19.7 Å². The maximum Gasteiger partial charge on any atom is 0.255 e. The predicted molar refractivity (Wildman–Crippen MR) is 116 cm³/mol. The largest absolute Gasteiger partial charge is 0.334 e. The number of amides is 1. The second-order valence-electron chi connectivity index (χ2n) is 8.36. The van der Waals surface area contributed by atoms with Gasteiger partial charge < -0.3 is 10.6 Å². The molecule has 152 valence electrons. The van der Waals surface area contributed by atoms with E-state index in [9.17, 15) is 4.79 Å². The zero-order chi connectivity index (χ0) is 20.5. The van der Waals surface area contributed by atoms with Crippen LogP contribution in [0.15, 0.2) is 42.6 Å². The third-order valence-electron chi connectivity index (χ3n) is 5.87. The van der Waals surface area contributed by atoms with Crippen LogP contribution in [0.3, 0.4) is 0 Å². The number of rotatable bonds is 4. The van der Waals surface area contributed by atoms with E-state index in [0.29, 0.717) is 18.0 Å². The molecule has 2 unspecified atom stereocenters. The molecule has 0 radical (unpaired) electrons. The van der Waals surface area contributed by atoms with Crippen LogP contribution in [0.2, 0.25) is 0 Å². The van der Waals surface area contributed by atoms with Crippen molar-refractivity contribution in [1.29, 1.82) is 0 Å². The molecule has 4 rings (SSSR count). The molecule has 3 aromatic rings. The van der Waals surface area contributed by atoms with Gasteiger partial charge in [0, 0.05) is 30.7 Å². The Kier molecular flexibility index (Phi) is 5.37. The molecule has 0 saturated carbocycles. The Bertz CT molecular complexity index is 1010. The van der Waals surface area contributed by atoms with Crippen molar-refractivity contribution >= 4 is 16.9 Å². The van der Waals surface area contributed by atoms with E-state index in [1.54, 1.807) is 6.20 Å². The lowest BCUT2D eigenvalue weighted by molar-refractivity contribution is 0.0575. The van der Waals surface area contributed by atoms with Gasteiger partial charge in [-0.15, -0.1) is 0 Å². The van der Waals surface area contributed by atoms with Crippen molar-refractivity contribution in [2.24, 2.45) is 11.7 Å². The Morgan fingerprint density at radius 3 is 2.72 bits per heavy atom. The Hall–Kier alpha value is -2.73. The third-order valence-corrected chi connectivity index (χ3v) is 5.87. The van der Waals surface area contributed by atoms with Crippen molar-refractivity contribution in [3.63, 3.8) is 0 Å². The fraction of sp³-hybridized carbons (Fsp3) is 0.435. The summed E-state index contributed by atoms with van der Waals surface area (Å²) in [4.78, 5) is 20.5. The van der Waals surface area contributed by atoms with Gasteiger partial charge in [0.05, 0.1) is 22.8 Å². The van der Waals surface area contributed by atoms with Crippen LogP contribution in [0.25, 0.3) is 22.3 Å². The quantitative estimate of drug-likeness (QED) is 0.732. The summed E-state index contributed by atoms with van der Waals surface area (Å²) in [6, 6.07) is 12.1. The summed E-state index contributed by atoms with van der Waals surface area (Å²) >= 11 is 0. The topological polar surface area (TPSA) is 77.0 Å². The minimum atomic E-state index is 0.0280. The van der Waals surface area contributed by atoms with Crippen LogP contribution in [-0.4, -0.2) is 44.7 Å². The highest BCUT2D eigenvalue weighted by Crippen LogP contribution is 2.30. The molecule has 2 atom stereocenters. The van der Waals surface area contributed by atoms with Gasteiger partial charge >= 0.3 is 0 Å². The molecule has 1 amide bonds. The molecule has 2 aromatic heterocycles. The molecular weight excluding hydrogens is 362 g/mol. The number of likely N-dealkylation sites (tertiary alicyclic amines) is 1. The maximum atomic E-state index is 13.7. The van der Waals surface area contributed by atoms with Crippen LogP contribution in [0, 0.1) is 5.92 Å². The smallest absolute Gasteiger partial charge is 0.255 e. The van der Waals surface area contributed by atoms with Crippen molar-refractivity contribution in [2.45, 2.75) is 45.7 Å². The van der Waals surface area contributed by atoms with Crippen LogP contribution in [0.4, 0.5) is 0 Å². The minimum absolute atomic E-state index is 0.0280. The van der Waals surface area contributed by atoms with E-state index in [4.69, 9.17) is 10.7 Å². The van der Waals surface area contributed by atoms with Gasteiger partial charge in [-0.25, -0.2) is 9.67 Å². The summed E-state index contributed by atoms with van der Waals surface area (Å²) in [5.74, 6) is 0.619. The van der Waals surface area contributed by atoms with Gasteiger partial charge in [-0.05, 0) is 38.7 Å². The van der Waals surface area contributed by atoms with Crippen molar-refractivity contribution in [3.8, 4) is 11.3 Å². The Morgan fingerprint density at radius 1 is 1.28 bits per heavy atom. The first-order valence-electron chi connectivity index (χ1n) is 10.4. The van der Waals surface area contributed by atoms with Gasteiger partial charge in [-0.3, -0.25) is 4.79 Å². The van der Waals surface area contributed by atoms with Gasteiger partial charge in [0.1, 0.15) is 0 Å². The maximum absolute atomic E-state index is 13.7. The second kappa shape index (κ2) is 7.95. The summed E-state index contributed by atoms with van der Waals surface area (Å²) in [5.41, 5.74) is 9.22. The number of nitrogens with zero attached hydrogens (tertiary/aromatic N) is 4. The van der Waals surface area contributed by atoms with Gasteiger partial charge in [0.2, 0.25) is 0 Å². The van der Waals surface area contributed by atoms with Crippen molar-refractivity contribution < 1.29 is 4.79 Å². The van der Waals surface area contributed by atoms with Gasteiger partial charge in [0.15, 0.2) is 5.65 Å². The average molecular weight is 392 g/mol. The van der Waals surface area contributed by atoms with Crippen LogP contribution >= 0.6 is 0 Å². The third kappa shape index (κ3) is 3.65. The van der Waals surface area contributed by atoms with E-state index in [1.807, 2.05) is 46.0 Å². The first kappa shape index (κ1) is 19.6. The number of aromatic nitrogens is 3. The Morgan fingerprint density at radius 2 is 2.03 bits per heavy atom. The number of hydrogen-bond acceptors (Lipinski definition) is 4. The highest BCUT2D eigenvalue weighted by atomic mass is 16.2. The number of hydrogen-bond donors (Lipinski definition) is 1. The van der Waals surface area contributed by atoms with E-state index in [2.05, 4.69) is 25.9 Å². The molecule has 2 N–H and O–H groups in total. The Labute approximate surface area is 171 Å². The number of benzene rings is 1.